The molecule has 4 nitrogen and oxygen atoms in total. The number of carbonyl (C=O) groups is 2. The number of hydrogen-bond donors (Lipinski definition) is 0. The van der Waals surface area contributed by atoms with E-state index in [9.17, 15) is 9.59 Å². The lowest BCUT2D eigenvalue weighted by Crippen LogP contribution is -2.18. The minimum atomic E-state index is -0.896. The molecule has 0 bridgehead atoms. The molecule has 2 aromatic carbocycles. The van der Waals surface area contributed by atoms with E-state index in [4.69, 9.17) is 21.1 Å². The number of esters is 1. The maximum absolute atomic E-state index is 12.1. The zero-order valence-corrected chi connectivity index (χ0v) is 11.9. The predicted molar refractivity (Wildman–Crippen MR) is 76.5 cm³/mol. The smallest absolute Gasteiger partial charge is 0.379 e. The van der Waals surface area contributed by atoms with E-state index in [1.165, 1.54) is 7.11 Å². The SMILES string of the molecule is CCOC(=O)C(=O)c1cc2cc(Cl)ccc2cc1OC. The summed E-state index contributed by atoms with van der Waals surface area (Å²) in [6.07, 6.45) is 0. The van der Waals surface area contributed by atoms with Gasteiger partial charge in [0.25, 0.3) is 5.78 Å². The summed E-state index contributed by atoms with van der Waals surface area (Å²) in [5.41, 5.74) is 0.167. The highest BCUT2D eigenvalue weighted by Gasteiger charge is 2.22. The normalized spacial score (nSPS) is 10.3. The topological polar surface area (TPSA) is 52.6 Å². The zero-order valence-electron chi connectivity index (χ0n) is 11.1. The third-order valence-corrected chi connectivity index (χ3v) is 3.06. The van der Waals surface area contributed by atoms with Gasteiger partial charge in [-0.2, -0.15) is 0 Å². The fourth-order valence-corrected chi connectivity index (χ4v) is 2.08. The summed E-state index contributed by atoms with van der Waals surface area (Å²) in [5, 5.41) is 2.18. The van der Waals surface area contributed by atoms with Gasteiger partial charge in [-0.25, -0.2) is 4.79 Å². The van der Waals surface area contributed by atoms with E-state index >= 15 is 0 Å². The van der Waals surface area contributed by atoms with Crippen LogP contribution in [0.15, 0.2) is 30.3 Å². The van der Waals surface area contributed by atoms with E-state index < -0.39 is 11.8 Å². The predicted octanol–water partition coefficient (Wildman–Crippen LogP) is 3.25. The fraction of sp³-hybridized carbons (Fsp3) is 0.200. The first-order valence-corrected chi connectivity index (χ1v) is 6.43. The molecule has 0 unspecified atom stereocenters. The minimum Gasteiger partial charge on any atom is -0.496 e. The van der Waals surface area contributed by atoms with Gasteiger partial charge in [0.2, 0.25) is 0 Å². The van der Waals surface area contributed by atoms with Gasteiger partial charge in [0.05, 0.1) is 19.3 Å². The van der Waals surface area contributed by atoms with Crippen molar-refractivity contribution in [1.29, 1.82) is 0 Å². The van der Waals surface area contributed by atoms with Gasteiger partial charge >= 0.3 is 5.97 Å². The van der Waals surface area contributed by atoms with E-state index in [0.717, 1.165) is 10.8 Å². The van der Waals surface area contributed by atoms with Crippen molar-refractivity contribution in [1.82, 2.24) is 0 Å². The average Bonchev–Trinajstić information content (AvgIpc) is 2.45. The van der Waals surface area contributed by atoms with Crippen LogP contribution in [0.1, 0.15) is 17.3 Å². The third-order valence-electron chi connectivity index (χ3n) is 2.83. The second kappa shape index (κ2) is 5.92. The third kappa shape index (κ3) is 2.75. The second-order valence-electron chi connectivity index (χ2n) is 4.09. The minimum absolute atomic E-state index is 0.145. The Morgan fingerprint density at radius 3 is 2.55 bits per heavy atom. The molecule has 5 heteroatoms. The summed E-state index contributed by atoms with van der Waals surface area (Å²) in [6, 6.07) is 8.56. The molecule has 0 N–H and O–H groups in total. The second-order valence-corrected chi connectivity index (χ2v) is 4.53. The van der Waals surface area contributed by atoms with Crippen LogP contribution in [-0.2, 0) is 9.53 Å². The number of benzene rings is 2. The maximum atomic E-state index is 12.1. The maximum Gasteiger partial charge on any atom is 0.379 e. The van der Waals surface area contributed by atoms with Gasteiger partial charge in [0, 0.05) is 5.02 Å². The van der Waals surface area contributed by atoms with Crippen LogP contribution in [0.4, 0.5) is 0 Å². The molecule has 0 aliphatic carbocycles. The molecular formula is C15H13ClO4. The van der Waals surface area contributed by atoms with Crippen molar-refractivity contribution in [3.05, 3.63) is 40.9 Å². The Labute approximate surface area is 121 Å². The molecule has 20 heavy (non-hydrogen) atoms. The van der Waals surface area contributed by atoms with Gasteiger partial charge in [-0.1, -0.05) is 17.7 Å². The lowest BCUT2D eigenvalue weighted by molar-refractivity contribution is -0.137. The number of fused-ring (bicyclic) bond motifs is 1. The van der Waals surface area contributed by atoms with Gasteiger partial charge in [-0.05, 0) is 42.0 Å². The van der Waals surface area contributed by atoms with Gasteiger partial charge in [0.1, 0.15) is 5.75 Å². The van der Waals surface area contributed by atoms with E-state index in [1.54, 1.807) is 31.2 Å². The Bertz CT molecular complexity index is 679. The van der Waals surface area contributed by atoms with Crippen LogP contribution < -0.4 is 4.74 Å². The van der Waals surface area contributed by atoms with E-state index in [0.29, 0.717) is 10.8 Å². The summed E-state index contributed by atoms with van der Waals surface area (Å²) in [4.78, 5) is 23.6. The molecule has 0 aliphatic heterocycles. The van der Waals surface area contributed by atoms with E-state index in [-0.39, 0.29) is 12.2 Å². The monoisotopic (exact) mass is 292 g/mol. The van der Waals surface area contributed by atoms with Crippen molar-refractivity contribution < 1.29 is 19.1 Å². The van der Waals surface area contributed by atoms with Crippen LogP contribution in [0.3, 0.4) is 0 Å². The molecule has 0 radical (unpaired) electrons. The Hall–Kier alpha value is -2.07. The molecule has 104 valence electrons. The number of methoxy groups -OCH3 is 1. The lowest BCUT2D eigenvalue weighted by Gasteiger charge is -2.09. The lowest BCUT2D eigenvalue weighted by atomic mass is 10.0. The first-order chi connectivity index (χ1) is 9.56. The summed E-state index contributed by atoms with van der Waals surface area (Å²) in [5.74, 6) is -1.30. The van der Waals surface area contributed by atoms with Crippen LogP contribution in [0.25, 0.3) is 10.8 Å². The van der Waals surface area contributed by atoms with Crippen molar-refractivity contribution in [2.75, 3.05) is 13.7 Å². The van der Waals surface area contributed by atoms with Crippen molar-refractivity contribution in [3.63, 3.8) is 0 Å². The molecule has 0 saturated heterocycles. The van der Waals surface area contributed by atoms with Crippen molar-refractivity contribution in [3.8, 4) is 5.75 Å². The van der Waals surface area contributed by atoms with Gasteiger partial charge in [0.15, 0.2) is 0 Å². The van der Waals surface area contributed by atoms with Gasteiger partial charge in [-0.3, -0.25) is 4.79 Å². The number of ether oxygens (including phenoxy) is 2. The molecule has 0 aliphatic rings. The Morgan fingerprint density at radius 2 is 1.90 bits per heavy atom. The molecule has 2 aromatic rings. The first-order valence-electron chi connectivity index (χ1n) is 6.05. The van der Waals surface area contributed by atoms with Crippen molar-refractivity contribution in [2.24, 2.45) is 0 Å². The highest BCUT2D eigenvalue weighted by atomic mass is 35.5. The number of hydrogen-bond acceptors (Lipinski definition) is 4. The summed E-state index contributed by atoms with van der Waals surface area (Å²) < 4.78 is 9.89. The molecule has 0 amide bonds. The van der Waals surface area contributed by atoms with Gasteiger partial charge in [-0.15, -0.1) is 0 Å². The number of Topliss-reactive ketones (excluding diaryl/α,β-unsaturated/α-hetero) is 1. The number of halogens is 1. The molecule has 0 spiro atoms. The fourth-order valence-electron chi connectivity index (χ4n) is 1.90. The highest BCUT2D eigenvalue weighted by molar-refractivity contribution is 6.41. The standard InChI is InChI=1S/C15H13ClO4/c1-3-20-15(18)14(17)12-7-10-6-11(16)5-4-9(10)8-13(12)19-2/h4-8H,3H2,1-2H3. The molecule has 0 heterocycles. The largest absolute Gasteiger partial charge is 0.496 e. The molecule has 0 saturated carbocycles. The Kier molecular flexibility index (Phi) is 4.25. The van der Waals surface area contributed by atoms with E-state index in [2.05, 4.69) is 0 Å². The quantitative estimate of drug-likeness (QED) is 0.493. The van der Waals surface area contributed by atoms with Gasteiger partial charge < -0.3 is 9.47 Å². The van der Waals surface area contributed by atoms with Crippen LogP contribution in [0.2, 0.25) is 5.02 Å². The van der Waals surface area contributed by atoms with E-state index in [1.807, 2.05) is 6.07 Å². The Balaban J connectivity index is 2.56. The van der Waals surface area contributed by atoms with Crippen LogP contribution in [-0.4, -0.2) is 25.5 Å². The molecule has 2 rings (SSSR count). The van der Waals surface area contributed by atoms with Crippen molar-refractivity contribution in [2.45, 2.75) is 6.92 Å². The zero-order chi connectivity index (χ0) is 14.7. The summed E-state index contributed by atoms with van der Waals surface area (Å²) >= 11 is 5.93. The van der Waals surface area contributed by atoms with Crippen LogP contribution in [0, 0.1) is 0 Å². The number of carbonyl (C=O) groups excluding carboxylic acids is 2. The van der Waals surface area contributed by atoms with Crippen LogP contribution >= 0.6 is 11.6 Å². The summed E-state index contributed by atoms with van der Waals surface area (Å²) in [6.45, 7) is 1.79. The van der Waals surface area contributed by atoms with Crippen LogP contribution in [0.5, 0.6) is 5.75 Å². The molecule has 0 atom stereocenters. The average molecular weight is 293 g/mol. The number of ketones is 1. The highest BCUT2D eigenvalue weighted by Crippen LogP contribution is 2.28. The summed E-state index contributed by atoms with van der Waals surface area (Å²) in [7, 11) is 1.44. The number of rotatable bonds is 4. The van der Waals surface area contributed by atoms with Crippen molar-refractivity contribution >= 4 is 34.1 Å². The molecule has 0 aromatic heterocycles. The first kappa shape index (κ1) is 14.3. The molecule has 0 fully saturated rings. The Morgan fingerprint density at radius 1 is 1.15 bits per heavy atom. The molecular weight excluding hydrogens is 280 g/mol.